The second kappa shape index (κ2) is 7.01. The van der Waals surface area contributed by atoms with Gasteiger partial charge >= 0.3 is 0 Å². The lowest BCUT2D eigenvalue weighted by atomic mass is 10.1. The minimum absolute atomic E-state index is 0.0743. The van der Waals surface area contributed by atoms with E-state index in [-0.39, 0.29) is 6.61 Å². The first-order chi connectivity index (χ1) is 8.54. The molecule has 0 bridgehead atoms. The lowest BCUT2D eigenvalue weighted by Crippen LogP contribution is -2.20. The molecule has 0 heterocycles. The van der Waals surface area contributed by atoms with Gasteiger partial charge in [-0.2, -0.15) is 0 Å². The molecule has 0 aliphatic heterocycles. The Morgan fingerprint density at radius 2 is 1.94 bits per heavy atom. The minimum atomic E-state index is -0.456. The van der Waals surface area contributed by atoms with Crippen molar-refractivity contribution < 1.29 is 9.53 Å². The van der Waals surface area contributed by atoms with Gasteiger partial charge in [0, 0.05) is 6.54 Å². The number of rotatable bonds is 7. The highest BCUT2D eigenvalue weighted by molar-refractivity contribution is 5.75. The highest BCUT2D eigenvalue weighted by Crippen LogP contribution is 2.24. The number of carbonyl (C=O) groups is 1. The zero-order valence-corrected chi connectivity index (χ0v) is 11.4. The van der Waals surface area contributed by atoms with E-state index in [1.165, 1.54) is 5.56 Å². The number of aryl methyl sites for hydroxylation is 2. The molecule has 0 atom stereocenters. The Hall–Kier alpha value is -1.55. The molecule has 0 aliphatic carbocycles. The van der Waals surface area contributed by atoms with Gasteiger partial charge in [0.15, 0.2) is 6.61 Å². The maximum atomic E-state index is 10.7. The number of nitrogens with two attached hydrogens (primary N) is 1. The minimum Gasteiger partial charge on any atom is -0.483 e. The molecule has 1 aromatic carbocycles. The lowest BCUT2D eigenvalue weighted by Gasteiger charge is -2.13. The van der Waals surface area contributed by atoms with Gasteiger partial charge in [-0.05, 0) is 43.5 Å². The molecule has 1 rings (SSSR count). The Kier molecular flexibility index (Phi) is 5.65. The summed E-state index contributed by atoms with van der Waals surface area (Å²) in [7, 11) is 0. The summed E-state index contributed by atoms with van der Waals surface area (Å²) in [6.07, 6.45) is 1.12. The highest BCUT2D eigenvalue weighted by Gasteiger charge is 2.07. The fourth-order valence-electron chi connectivity index (χ4n) is 1.92. The summed E-state index contributed by atoms with van der Waals surface area (Å²) in [6, 6.07) is 4.15. The van der Waals surface area contributed by atoms with Crippen LogP contribution in [0.4, 0.5) is 0 Å². The largest absolute Gasteiger partial charge is 0.483 e. The van der Waals surface area contributed by atoms with Crippen LogP contribution in [0.15, 0.2) is 12.1 Å². The first-order valence-electron chi connectivity index (χ1n) is 6.26. The number of primary amides is 1. The molecule has 1 aromatic rings. The average Bonchev–Trinajstić information content (AvgIpc) is 2.28. The summed E-state index contributed by atoms with van der Waals surface area (Å²) in [6.45, 7) is 7.89. The third-order valence-electron chi connectivity index (χ3n) is 2.63. The molecule has 0 saturated heterocycles. The lowest BCUT2D eigenvalue weighted by molar-refractivity contribution is -0.119. The Morgan fingerprint density at radius 1 is 1.33 bits per heavy atom. The van der Waals surface area contributed by atoms with Crippen LogP contribution < -0.4 is 15.8 Å². The number of amides is 1. The summed E-state index contributed by atoms with van der Waals surface area (Å²) in [4.78, 5) is 10.7. The van der Waals surface area contributed by atoms with Gasteiger partial charge in [0.05, 0.1) is 0 Å². The van der Waals surface area contributed by atoms with Crippen molar-refractivity contribution in [3.8, 4) is 5.75 Å². The monoisotopic (exact) mass is 250 g/mol. The van der Waals surface area contributed by atoms with Crippen molar-refractivity contribution in [2.24, 2.45) is 5.73 Å². The summed E-state index contributed by atoms with van der Waals surface area (Å²) >= 11 is 0. The maximum Gasteiger partial charge on any atom is 0.255 e. The average molecular weight is 250 g/mol. The van der Waals surface area contributed by atoms with Crippen LogP contribution in [0.25, 0.3) is 0 Å². The molecular formula is C14H22N2O2. The molecule has 4 heteroatoms. The van der Waals surface area contributed by atoms with Gasteiger partial charge in [0.2, 0.25) is 0 Å². The smallest absolute Gasteiger partial charge is 0.255 e. The zero-order valence-electron chi connectivity index (χ0n) is 11.4. The zero-order chi connectivity index (χ0) is 13.5. The third-order valence-corrected chi connectivity index (χ3v) is 2.63. The molecule has 1 amide bonds. The predicted molar refractivity (Wildman–Crippen MR) is 72.6 cm³/mol. The van der Waals surface area contributed by atoms with Gasteiger partial charge in [-0.15, -0.1) is 0 Å². The highest BCUT2D eigenvalue weighted by atomic mass is 16.5. The molecule has 0 fully saturated rings. The number of benzene rings is 1. The van der Waals surface area contributed by atoms with Crippen LogP contribution in [0.2, 0.25) is 0 Å². The first kappa shape index (κ1) is 14.5. The van der Waals surface area contributed by atoms with E-state index in [1.807, 2.05) is 13.8 Å². The number of hydrogen-bond donors (Lipinski definition) is 2. The van der Waals surface area contributed by atoms with Crippen LogP contribution in [-0.4, -0.2) is 19.1 Å². The van der Waals surface area contributed by atoms with E-state index in [9.17, 15) is 4.79 Å². The predicted octanol–water partition coefficient (Wildman–Crippen LogP) is 1.67. The van der Waals surface area contributed by atoms with Crippen molar-refractivity contribution in [2.45, 2.75) is 33.7 Å². The van der Waals surface area contributed by atoms with E-state index in [0.29, 0.717) is 0 Å². The Labute approximate surface area is 109 Å². The molecular weight excluding hydrogens is 228 g/mol. The van der Waals surface area contributed by atoms with Crippen molar-refractivity contribution in [1.82, 2.24) is 5.32 Å². The summed E-state index contributed by atoms with van der Waals surface area (Å²) in [5.74, 6) is 0.301. The van der Waals surface area contributed by atoms with Crippen LogP contribution in [0.5, 0.6) is 5.75 Å². The Bertz CT molecular complexity index is 393. The molecule has 0 unspecified atom stereocenters. The topological polar surface area (TPSA) is 64.3 Å². The molecule has 100 valence electrons. The number of ether oxygens (including phenoxy) is 1. The quantitative estimate of drug-likeness (QED) is 0.723. The van der Waals surface area contributed by atoms with Crippen LogP contribution in [-0.2, 0) is 11.3 Å². The second-order valence-corrected chi connectivity index (χ2v) is 4.49. The van der Waals surface area contributed by atoms with E-state index in [1.54, 1.807) is 0 Å². The van der Waals surface area contributed by atoms with Crippen molar-refractivity contribution in [2.75, 3.05) is 13.2 Å². The van der Waals surface area contributed by atoms with Gasteiger partial charge in [-0.1, -0.05) is 19.1 Å². The normalized spacial score (nSPS) is 10.4. The van der Waals surface area contributed by atoms with E-state index in [4.69, 9.17) is 10.5 Å². The number of hydrogen-bond acceptors (Lipinski definition) is 3. The van der Waals surface area contributed by atoms with E-state index in [2.05, 4.69) is 24.4 Å². The molecule has 18 heavy (non-hydrogen) atoms. The number of carbonyl (C=O) groups excluding carboxylic acids is 1. The van der Waals surface area contributed by atoms with Gasteiger partial charge < -0.3 is 15.8 Å². The van der Waals surface area contributed by atoms with Crippen LogP contribution in [0.1, 0.15) is 30.0 Å². The molecule has 0 saturated carbocycles. The maximum absolute atomic E-state index is 10.7. The SMILES string of the molecule is CCCNCc1cc(C)c(OCC(N)=O)c(C)c1. The number of nitrogens with one attached hydrogen (secondary N) is 1. The standard InChI is InChI=1S/C14H22N2O2/c1-4-5-16-8-12-6-10(2)14(11(3)7-12)18-9-13(15)17/h6-7,16H,4-5,8-9H2,1-3H3,(H2,15,17). The second-order valence-electron chi connectivity index (χ2n) is 4.49. The van der Waals surface area contributed by atoms with Crippen molar-refractivity contribution >= 4 is 5.91 Å². The van der Waals surface area contributed by atoms with Crippen LogP contribution in [0.3, 0.4) is 0 Å². The first-order valence-corrected chi connectivity index (χ1v) is 6.26. The van der Waals surface area contributed by atoms with Gasteiger partial charge in [0.1, 0.15) is 5.75 Å². The summed E-state index contributed by atoms with van der Waals surface area (Å²) in [5, 5.41) is 3.36. The molecule has 4 nitrogen and oxygen atoms in total. The Balaban J connectivity index is 2.74. The van der Waals surface area contributed by atoms with E-state index < -0.39 is 5.91 Å². The van der Waals surface area contributed by atoms with E-state index >= 15 is 0 Å². The molecule has 0 aliphatic rings. The fraction of sp³-hybridized carbons (Fsp3) is 0.500. The van der Waals surface area contributed by atoms with E-state index in [0.717, 1.165) is 36.4 Å². The van der Waals surface area contributed by atoms with Crippen molar-refractivity contribution in [1.29, 1.82) is 0 Å². The Morgan fingerprint density at radius 3 is 2.44 bits per heavy atom. The molecule has 0 aromatic heterocycles. The molecule has 0 spiro atoms. The third kappa shape index (κ3) is 4.37. The van der Waals surface area contributed by atoms with Crippen LogP contribution >= 0.6 is 0 Å². The van der Waals surface area contributed by atoms with Gasteiger partial charge in [-0.25, -0.2) is 0 Å². The molecule has 0 radical (unpaired) electrons. The summed E-state index contributed by atoms with van der Waals surface area (Å²) in [5.41, 5.74) is 8.37. The van der Waals surface area contributed by atoms with Gasteiger partial charge in [0.25, 0.3) is 5.91 Å². The van der Waals surface area contributed by atoms with Crippen molar-refractivity contribution in [3.63, 3.8) is 0 Å². The van der Waals surface area contributed by atoms with Crippen LogP contribution in [0, 0.1) is 13.8 Å². The summed E-state index contributed by atoms with van der Waals surface area (Å²) < 4.78 is 5.41. The molecule has 3 N–H and O–H groups in total. The van der Waals surface area contributed by atoms with Crippen molar-refractivity contribution in [3.05, 3.63) is 28.8 Å². The fourth-order valence-corrected chi connectivity index (χ4v) is 1.92. The van der Waals surface area contributed by atoms with Gasteiger partial charge in [-0.3, -0.25) is 4.79 Å².